The minimum absolute atomic E-state index is 0. The molecule has 0 fully saturated rings. The van der Waals surface area contributed by atoms with Gasteiger partial charge in [0.15, 0.2) is 0 Å². The Kier molecular flexibility index (Phi) is 68.8. The molecule has 0 atom stereocenters. The summed E-state index contributed by atoms with van der Waals surface area (Å²) in [7, 11) is 0. The zero-order chi connectivity index (χ0) is 20.2. The van der Waals surface area contributed by atoms with Crippen LogP contribution in [-0.2, 0) is 48.5 Å². The molecule has 0 aromatic rings. The van der Waals surface area contributed by atoms with Crippen LogP contribution >= 0.6 is 0 Å². The zero-order valence-electron chi connectivity index (χ0n) is 12.3. The second-order valence-electron chi connectivity index (χ2n) is 1.61. The molecule has 0 saturated heterocycles. The van der Waals surface area contributed by atoms with Crippen molar-refractivity contribution in [1.82, 2.24) is 0 Å². The molecule has 0 heterocycles. The fourth-order valence-corrected chi connectivity index (χ4v) is 0. The second kappa shape index (κ2) is 33.4. The van der Waals surface area contributed by atoms with E-state index in [1.807, 2.05) is 0 Å². The Bertz CT molecular complexity index is 252. The van der Waals surface area contributed by atoms with Gasteiger partial charge in [0, 0.05) is 39.0 Å². The van der Waals surface area contributed by atoms with Crippen LogP contribution in [-0.4, -0.2) is 34.5 Å². The summed E-state index contributed by atoms with van der Waals surface area (Å²) < 4.78 is 63.5. The summed E-state index contributed by atoms with van der Waals surface area (Å²) in [5.41, 5.74) is 0. The van der Waals surface area contributed by atoms with Crippen molar-refractivity contribution < 1.29 is 85.1 Å². The van der Waals surface area contributed by atoms with Crippen LogP contribution in [0.3, 0.4) is 0 Å². The topological polar surface area (TPSA) is 74.6 Å². The van der Waals surface area contributed by atoms with E-state index >= 15 is 0 Å². The van der Waals surface area contributed by atoms with Gasteiger partial charge in [-0.05, 0) is 0 Å². The van der Waals surface area contributed by atoms with Gasteiger partial charge in [0.1, 0.15) is 0 Å². The molecule has 0 saturated carbocycles. The van der Waals surface area contributed by atoms with E-state index in [0.717, 1.165) is 0 Å². The van der Waals surface area contributed by atoms with Crippen LogP contribution in [0.4, 0.5) is 26.3 Å². The molecule has 4 nitrogen and oxygen atoms in total. The monoisotopic (exact) mass is 546 g/mol. The van der Waals surface area contributed by atoms with Crippen molar-refractivity contribution >= 4 is 11.9 Å². The Morgan fingerprint density at radius 1 is 0.542 bits per heavy atom. The van der Waals surface area contributed by atoms with Crippen LogP contribution in [0.1, 0.15) is 0 Å². The van der Waals surface area contributed by atoms with E-state index in [2.05, 4.69) is 52.6 Å². The maximum atomic E-state index is 10.6. The number of carbonyl (C=O) groups is 2. The number of rotatable bonds is 0. The van der Waals surface area contributed by atoms with Gasteiger partial charge in [-0.15, -0.1) is 52.6 Å². The molecule has 0 aromatic carbocycles. The van der Waals surface area contributed by atoms with Gasteiger partial charge in [0.2, 0.25) is 0 Å². The first kappa shape index (κ1) is 49.5. The summed E-state index contributed by atoms with van der Waals surface area (Å²) in [6, 6.07) is 0. The van der Waals surface area contributed by atoms with Crippen LogP contribution in [0.5, 0.6) is 0 Å². The number of hydrogen-bond donors (Lipinski definition) is 2. The molecule has 0 bridgehead atoms. The van der Waals surface area contributed by atoms with E-state index in [1.54, 1.807) is 0 Å². The van der Waals surface area contributed by atoms with Gasteiger partial charge in [-0.1, -0.05) is 0 Å². The molecule has 24 heavy (non-hydrogen) atoms. The number of carboxylic acids is 2. The first-order valence-electron chi connectivity index (χ1n) is 4.49. The van der Waals surface area contributed by atoms with Crippen molar-refractivity contribution in [2.75, 3.05) is 0 Å². The molecule has 0 aliphatic carbocycles. The van der Waals surface area contributed by atoms with Gasteiger partial charge in [0.05, 0.1) is 0 Å². The van der Waals surface area contributed by atoms with Gasteiger partial charge < -0.3 is 10.2 Å². The third kappa shape index (κ3) is 70.1. The predicted molar refractivity (Wildman–Crippen MR) is 72.4 cm³/mol. The smallest absolute Gasteiger partial charge is 0.475 e. The minimum Gasteiger partial charge on any atom is -0.475 e. The zero-order valence-corrected chi connectivity index (χ0v) is 15.6. The second-order valence-corrected chi connectivity index (χ2v) is 1.61. The molecule has 2 radical (unpaired) electrons. The number of aliphatic carboxylic acids is 2. The Morgan fingerprint density at radius 3 is 0.583 bits per heavy atom. The fraction of sp³-hybridized carbons (Fsp3) is 0.167. The third-order valence-corrected chi connectivity index (χ3v) is 0.485. The quantitative estimate of drug-likeness (QED) is 0.268. The van der Waals surface area contributed by atoms with Crippen molar-refractivity contribution in [3.63, 3.8) is 0 Å². The summed E-state index contributed by atoms with van der Waals surface area (Å²) in [6.07, 6.45) is -10.2. The van der Waals surface area contributed by atoms with Crippen molar-refractivity contribution in [2.45, 2.75) is 12.4 Å². The number of alkyl halides is 6. The van der Waals surface area contributed by atoms with Gasteiger partial charge in [-0.2, -0.15) is 26.3 Å². The molecule has 0 amide bonds. The van der Waals surface area contributed by atoms with E-state index in [-0.39, 0.29) is 39.0 Å². The SMILES string of the molecule is C=C.C=C.C=C.C=C.O=C(O)C(F)(F)F.O=C(O)C(F)(F)F.[Rh].[Rh]. The minimum atomic E-state index is -5.08. The molecular formula is C12H18F6O4Rh2. The Morgan fingerprint density at radius 2 is 0.583 bits per heavy atom. The first-order valence-corrected chi connectivity index (χ1v) is 4.49. The van der Waals surface area contributed by atoms with E-state index in [9.17, 15) is 26.3 Å². The molecule has 0 aliphatic heterocycles. The van der Waals surface area contributed by atoms with E-state index < -0.39 is 24.3 Å². The Balaban J connectivity index is -0.0000000237. The first-order chi connectivity index (χ1) is 9.89. The maximum absolute atomic E-state index is 10.6. The molecule has 0 aromatic heterocycles. The summed E-state index contributed by atoms with van der Waals surface area (Å²) >= 11 is 0. The molecule has 0 rings (SSSR count). The molecule has 0 spiro atoms. The van der Waals surface area contributed by atoms with Crippen LogP contribution < -0.4 is 0 Å². The molecule has 0 unspecified atom stereocenters. The van der Waals surface area contributed by atoms with Crippen LogP contribution in [0, 0.1) is 0 Å². The standard InChI is InChI=1S/2C2HF3O2.4C2H4.2Rh/c2*3-2(4,5)1(6)7;4*1-2;;/h2*(H,6,7);4*1-2H2;;. The van der Waals surface area contributed by atoms with Crippen LogP contribution in [0.15, 0.2) is 52.6 Å². The Labute approximate surface area is 162 Å². The van der Waals surface area contributed by atoms with Gasteiger partial charge >= 0.3 is 24.3 Å². The number of halogens is 6. The summed E-state index contributed by atoms with van der Waals surface area (Å²) in [5.74, 6) is -5.51. The largest absolute Gasteiger partial charge is 0.490 e. The van der Waals surface area contributed by atoms with Crippen LogP contribution in [0.25, 0.3) is 0 Å². The third-order valence-electron chi connectivity index (χ3n) is 0.485. The van der Waals surface area contributed by atoms with Gasteiger partial charge in [0.25, 0.3) is 0 Å². The average Bonchev–Trinajstić information content (AvgIpc) is 2.46. The van der Waals surface area contributed by atoms with Crippen molar-refractivity contribution in [1.29, 1.82) is 0 Å². The van der Waals surface area contributed by atoms with Crippen molar-refractivity contribution in [3.05, 3.63) is 52.6 Å². The van der Waals surface area contributed by atoms with Gasteiger partial charge in [-0.3, -0.25) is 0 Å². The normalized spacial score (nSPS) is 7.25. The predicted octanol–water partition coefficient (Wildman–Crippen LogP) is 4.47. The van der Waals surface area contributed by atoms with E-state index in [4.69, 9.17) is 19.8 Å². The number of carboxylic acid groups (broad SMARTS) is 2. The van der Waals surface area contributed by atoms with E-state index in [1.165, 1.54) is 0 Å². The van der Waals surface area contributed by atoms with Gasteiger partial charge in [-0.25, -0.2) is 9.59 Å². The van der Waals surface area contributed by atoms with Crippen molar-refractivity contribution in [2.24, 2.45) is 0 Å². The molecule has 0 aliphatic rings. The molecule has 12 heteroatoms. The fourth-order valence-electron chi connectivity index (χ4n) is 0. The van der Waals surface area contributed by atoms with E-state index in [0.29, 0.717) is 0 Å². The summed E-state index contributed by atoms with van der Waals surface area (Å²) in [4.78, 5) is 17.8. The van der Waals surface area contributed by atoms with Crippen molar-refractivity contribution in [3.8, 4) is 0 Å². The number of hydrogen-bond acceptors (Lipinski definition) is 2. The maximum Gasteiger partial charge on any atom is 0.490 e. The Hall–Kier alpha value is -1.27. The summed E-state index contributed by atoms with van der Waals surface area (Å²) in [5, 5.41) is 14.2. The molecule has 150 valence electrons. The molecular weight excluding hydrogens is 528 g/mol. The summed E-state index contributed by atoms with van der Waals surface area (Å²) in [6.45, 7) is 24.0. The average molecular weight is 546 g/mol. The molecule has 2 N–H and O–H groups in total. The van der Waals surface area contributed by atoms with Crippen LogP contribution in [0.2, 0.25) is 0 Å².